The lowest BCUT2D eigenvalue weighted by molar-refractivity contribution is -0.142. The molecular weight excluding hydrogens is 462 g/mol. The number of rotatable bonds is 9. The van der Waals surface area contributed by atoms with E-state index in [1.165, 1.54) is 4.90 Å². The summed E-state index contributed by atoms with van der Waals surface area (Å²) in [5, 5.41) is 10.9. The third-order valence-electron chi connectivity index (χ3n) is 7.19. The Labute approximate surface area is 214 Å². The lowest BCUT2D eigenvalue weighted by atomic mass is 9.76. The van der Waals surface area contributed by atoms with Crippen LogP contribution >= 0.6 is 11.6 Å². The van der Waals surface area contributed by atoms with E-state index in [-0.39, 0.29) is 17.2 Å². The smallest absolute Gasteiger partial charge is 0.256 e. The number of benzene rings is 2. The van der Waals surface area contributed by atoms with Crippen molar-refractivity contribution in [1.29, 1.82) is 0 Å². The predicted octanol–water partition coefficient (Wildman–Crippen LogP) is 5.01. The Hall–Kier alpha value is -2.57. The number of aliphatic hydroxyl groups is 1. The number of carbonyl (C=O) groups is 2. The van der Waals surface area contributed by atoms with Gasteiger partial charge in [0.05, 0.1) is 10.6 Å². The predicted molar refractivity (Wildman–Crippen MR) is 142 cm³/mol. The van der Waals surface area contributed by atoms with Crippen molar-refractivity contribution >= 4 is 29.1 Å². The van der Waals surface area contributed by atoms with Gasteiger partial charge in [0.25, 0.3) is 11.8 Å². The van der Waals surface area contributed by atoms with E-state index in [1.807, 2.05) is 42.3 Å². The normalized spacial score (nSPS) is 16.0. The zero-order valence-electron chi connectivity index (χ0n) is 21.3. The summed E-state index contributed by atoms with van der Waals surface area (Å²) in [5.41, 5.74) is 2.38. The number of unbranched alkanes of at least 4 members (excludes halogenated alkanes) is 1. The fourth-order valence-corrected chi connectivity index (χ4v) is 4.91. The quantitative estimate of drug-likeness (QED) is 0.492. The first kappa shape index (κ1) is 27.0. The second kappa shape index (κ2) is 11.9. The van der Waals surface area contributed by atoms with Crippen LogP contribution in [0.3, 0.4) is 0 Å². The molecule has 0 bridgehead atoms. The maximum absolute atomic E-state index is 12.7. The van der Waals surface area contributed by atoms with Crippen molar-refractivity contribution in [3.05, 3.63) is 64.7 Å². The Morgan fingerprint density at radius 2 is 1.71 bits per heavy atom. The molecule has 3 rings (SSSR count). The Morgan fingerprint density at radius 3 is 2.31 bits per heavy atom. The second-order valence-corrected chi connectivity index (χ2v) is 10.6. The molecule has 2 aromatic rings. The van der Waals surface area contributed by atoms with Crippen molar-refractivity contribution in [1.82, 2.24) is 9.80 Å². The van der Waals surface area contributed by atoms with Crippen molar-refractivity contribution < 1.29 is 14.7 Å². The molecule has 7 heteroatoms. The van der Waals surface area contributed by atoms with Crippen LogP contribution in [0, 0.1) is 5.41 Å². The molecular formula is C28H38ClN3O3. The monoisotopic (exact) mass is 499 g/mol. The molecule has 0 saturated carbocycles. The summed E-state index contributed by atoms with van der Waals surface area (Å²) in [4.78, 5) is 30.4. The van der Waals surface area contributed by atoms with E-state index in [0.717, 1.165) is 44.3 Å². The van der Waals surface area contributed by atoms with Gasteiger partial charge in [-0.2, -0.15) is 0 Å². The number of hydrogen-bond donors (Lipinski definition) is 1. The summed E-state index contributed by atoms with van der Waals surface area (Å²) < 4.78 is 0. The number of nitrogens with zero attached hydrogens (tertiary/aromatic N) is 3. The first-order chi connectivity index (χ1) is 16.6. The van der Waals surface area contributed by atoms with Crippen molar-refractivity contribution in [3.63, 3.8) is 0 Å². The number of piperidine rings is 1. The highest BCUT2D eigenvalue weighted by Gasteiger charge is 2.33. The number of hydrogen-bond acceptors (Lipinski definition) is 4. The van der Waals surface area contributed by atoms with Crippen LogP contribution in [-0.2, 0) is 4.79 Å². The molecule has 2 aromatic carbocycles. The van der Waals surface area contributed by atoms with E-state index in [9.17, 15) is 14.7 Å². The molecule has 1 aliphatic rings. The fraction of sp³-hybridized carbons (Fsp3) is 0.500. The van der Waals surface area contributed by atoms with E-state index in [4.69, 9.17) is 11.6 Å². The van der Waals surface area contributed by atoms with Gasteiger partial charge >= 0.3 is 0 Å². The zero-order valence-corrected chi connectivity index (χ0v) is 22.1. The number of amides is 2. The molecule has 1 heterocycles. The summed E-state index contributed by atoms with van der Waals surface area (Å²) in [6.07, 6.45) is 4.09. The zero-order chi connectivity index (χ0) is 25.6. The van der Waals surface area contributed by atoms with E-state index < -0.39 is 6.10 Å². The third-order valence-corrected chi connectivity index (χ3v) is 7.50. The molecule has 0 radical (unpaired) electrons. The van der Waals surface area contributed by atoms with Gasteiger partial charge < -0.3 is 19.8 Å². The van der Waals surface area contributed by atoms with Crippen LogP contribution in [0.4, 0.5) is 5.69 Å². The molecule has 1 N–H and O–H groups in total. The Kier molecular flexibility index (Phi) is 9.20. The van der Waals surface area contributed by atoms with Crippen LogP contribution < -0.4 is 4.90 Å². The topological polar surface area (TPSA) is 64.1 Å². The van der Waals surface area contributed by atoms with Crippen LogP contribution in [0.2, 0.25) is 5.02 Å². The van der Waals surface area contributed by atoms with E-state index in [0.29, 0.717) is 29.2 Å². The van der Waals surface area contributed by atoms with Crippen LogP contribution in [0.25, 0.3) is 0 Å². The molecule has 1 unspecified atom stereocenters. The van der Waals surface area contributed by atoms with Crippen LogP contribution in [-0.4, -0.2) is 67.5 Å². The first-order valence-electron chi connectivity index (χ1n) is 12.4. The fourth-order valence-electron chi connectivity index (χ4n) is 4.65. The average molecular weight is 500 g/mol. The first-order valence-corrected chi connectivity index (χ1v) is 12.7. The lowest BCUT2D eigenvalue weighted by Crippen LogP contribution is -2.44. The van der Waals surface area contributed by atoms with Crippen LogP contribution in [0.5, 0.6) is 0 Å². The van der Waals surface area contributed by atoms with E-state index in [2.05, 4.69) is 11.8 Å². The number of likely N-dealkylation sites (tertiary alicyclic amines) is 1. The van der Waals surface area contributed by atoms with Gasteiger partial charge in [0.2, 0.25) is 0 Å². The van der Waals surface area contributed by atoms with Crippen molar-refractivity contribution in [2.75, 3.05) is 45.7 Å². The minimum absolute atomic E-state index is 0.0974. The number of carbonyl (C=O) groups excluding carboxylic acids is 2. The number of anilines is 1. The molecule has 0 spiro atoms. The van der Waals surface area contributed by atoms with Gasteiger partial charge in [-0.15, -0.1) is 0 Å². The van der Waals surface area contributed by atoms with Gasteiger partial charge in [0.15, 0.2) is 6.10 Å². The van der Waals surface area contributed by atoms with Crippen LogP contribution in [0.1, 0.15) is 61.1 Å². The van der Waals surface area contributed by atoms with Gasteiger partial charge in [0, 0.05) is 46.5 Å². The average Bonchev–Trinajstić information content (AvgIpc) is 2.86. The van der Waals surface area contributed by atoms with Gasteiger partial charge in [-0.3, -0.25) is 9.59 Å². The molecule has 6 nitrogen and oxygen atoms in total. The van der Waals surface area contributed by atoms with Crippen molar-refractivity contribution in [2.24, 2.45) is 5.41 Å². The second-order valence-electron chi connectivity index (χ2n) is 10.2. The number of aliphatic hydroxyl groups excluding tert-OH is 1. The molecule has 190 valence electrons. The standard InChI is InChI=1S/C28H38ClN3O3/c1-28(15-18-32(19-16-28)27(35)25(33)21-10-6-5-7-11-21)14-8-9-17-31(4)22-12-13-23(24(29)20-22)26(34)30(2)3/h5-7,10-13,20,25,33H,8-9,14-19H2,1-4H3. The summed E-state index contributed by atoms with van der Waals surface area (Å²) in [7, 11) is 5.48. The highest BCUT2D eigenvalue weighted by atomic mass is 35.5. The molecule has 1 atom stereocenters. The van der Waals surface area contributed by atoms with E-state index >= 15 is 0 Å². The summed E-state index contributed by atoms with van der Waals surface area (Å²) >= 11 is 6.36. The minimum Gasteiger partial charge on any atom is -0.378 e. The lowest BCUT2D eigenvalue weighted by Gasteiger charge is -2.40. The maximum atomic E-state index is 12.7. The Morgan fingerprint density at radius 1 is 1.06 bits per heavy atom. The van der Waals surface area contributed by atoms with Gasteiger partial charge in [-0.1, -0.05) is 55.3 Å². The molecule has 35 heavy (non-hydrogen) atoms. The van der Waals surface area contributed by atoms with Crippen molar-refractivity contribution in [3.8, 4) is 0 Å². The molecule has 1 saturated heterocycles. The minimum atomic E-state index is -1.08. The highest BCUT2D eigenvalue weighted by molar-refractivity contribution is 6.34. The van der Waals surface area contributed by atoms with E-state index in [1.54, 1.807) is 32.3 Å². The molecule has 0 aliphatic carbocycles. The van der Waals surface area contributed by atoms with Gasteiger partial charge in [-0.05, 0) is 54.9 Å². The number of halogens is 1. The molecule has 2 amide bonds. The molecule has 0 aromatic heterocycles. The van der Waals surface area contributed by atoms with Crippen molar-refractivity contribution in [2.45, 2.75) is 45.1 Å². The summed E-state index contributed by atoms with van der Waals surface area (Å²) in [6, 6.07) is 14.7. The SMILES string of the molecule is CN(C)C(=O)c1ccc(N(C)CCCCC2(C)CCN(C(=O)C(O)c3ccccc3)CC2)cc1Cl. The van der Waals surface area contributed by atoms with Gasteiger partial charge in [-0.25, -0.2) is 0 Å². The molecule has 1 aliphatic heterocycles. The summed E-state index contributed by atoms with van der Waals surface area (Å²) in [6.45, 7) is 4.60. The summed E-state index contributed by atoms with van der Waals surface area (Å²) in [5.74, 6) is -0.295. The Balaban J connectivity index is 1.43. The largest absolute Gasteiger partial charge is 0.378 e. The highest BCUT2D eigenvalue weighted by Crippen LogP contribution is 2.37. The third kappa shape index (κ3) is 6.98. The van der Waals surface area contributed by atoms with Gasteiger partial charge in [0.1, 0.15) is 0 Å². The Bertz CT molecular complexity index is 1000. The maximum Gasteiger partial charge on any atom is 0.256 e. The van der Waals surface area contributed by atoms with Crippen LogP contribution in [0.15, 0.2) is 48.5 Å². The molecule has 1 fully saturated rings.